The number of furan rings is 1. The van der Waals surface area contributed by atoms with E-state index in [1.165, 1.54) is 4.57 Å². The van der Waals surface area contributed by atoms with Gasteiger partial charge in [0.05, 0.1) is 53.6 Å². The third-order valence-corrected chi connectivity index (χ3v) is 12.3. The zero-order valence-corrected chi connectivity index (χ0v) is 33.1. The molecule has 0 saturated carbocycles. The minimum Gasteiger partial charge on any atom is -0.455 e. The lowest BCUT2D eigenvalue weighted by Crippen LogP contribution is -2.06. The van der Waals surface area contributed by atoms with Gasteiger partial charge in [-0.25, -0.2) is 4.98 Å². The molecule has 0 spiro atoms. The fourth-order valence-corrected chi connectivity index (χ4v) is 9.59. The van der Waals surface area contributed by atoms with Crippen LogP contribution in [0.25, 0.3) is 131 Å². The molecule has 14 rings (SSSR count). The van der Waals surface area contributed by atoms with E-state index in [-0.39, 0.29) is 59.2 Å². The van der Waals surface area contributed by atoms with Crippen LogP contribution in [-0.4, -0.2) is 24.1 Å². The van der Waals surface area contributed by atoms with E-state index in [1.807, 2.05) is 6.07 Å². The van der Waals surface area contributed by atoms with Gasteiger partial charge in [-0.05, 0) is 60.0 Å². The molecule has 0 unspecified atom stereocenters. The topological polar surface area (TPSA) is 61.7 Å². The first kappa shape index (κ1) is 19.8. The fraction of sp³-hybridized carbons (Fsp3) is 0. The van der Waals surface area contributed by atoms with Crippen molar-refractivity contribution in [1.82, 2.24) is 24.1 Å². The summed E-state index contributed by atoms with van der Waals surface area (Å²) in [4.78, 5) is 14.5. The van der Waals surface area contributed by atoms with Crippen molar-refractivity contribution in [3.8, 4) is 45.5 Å². The Kier molecular flexibility index (Phi) is 4.18. The minimum absolute atomic E-state index is 0.000993. The summed E-state index contributed by atoms with van der Waals surface area (Å²) in [6, 6.07) is 2.26. The van der Waals surface area contributed by atoms with E-state index < -0.39 is 178 Å². The predicted octanol–water partition coefficient (Wildman–Crippen LogP) is 15.3. The van der Waals surface area contributed by atoms with Crippen molar-refractivity contribution in [1.29, 1.82) is 0 Å². The average Bonchev–Trinajstić information content (AvgIpc) is 1.59. The minimum atomic E-state index is -0.770. The number of hydrogen-bond acceptors (Lipinski definition) is 5. The van der Waals surface area contributed by atoms with Crippen molar-refractivity contribution in [3.63, 3.8) is 0 Å². The molecule has 64 heavy (non-hydrogen) atoms. The Morgan fingerprint density at radius 2 is 1.09 bits per heavy atom. The summed E-state index contributed by atoms with van der Waals surface area (Å²) in [6.45, 7) is 0. The number of benzene rings is 9. The summed E-state index contributed by atoms with van der Waals surface area (Å²) in [5.41, 5.74) is -1.52. The lowest BCUT2D eigenvalue weighted by atomic mass is 10.0. The molecule has 0 aliphatic rings. The molecular weight excluding hydrogens is 803 g/mol. The van der Waals surface area contributed by atoms with Crippen molar-refractivity contribution in [2.24, 2.45) is 0 Å². The number of para-hydroxylation sites is 3. The second kappa shape index (κ2) is 13.6. The molecule has 0 aliphatic heterocycles. The second-order valence-electron chi connectivity index (χ2n) is 14.6. The van der Waals surface area contributed by atoms with Gasteiger partial charge in [0.15, 0.2) is 11.6 Å². The van der Waals surface area contributed by atoms with E-state index >= 15 is 0 Å². The number of nitrogens with zero attached hydrogens (tertiary/aromatic N) is 5. The molecule has 7 heteroatoms. The lowest BCUT2D eigenvalue weighted by molar-refractivity contribution is 0.670. The van der Waals surface area contributed by atoms with Gasteiger partial charge in [0.2, 0.25) is 5.95 Å². The summed E-state index contributed by atoms with van der Waals surface area (Å²) in [5.74, 6) is -1.24. The molecular formula is C57H33N5OS. The molecule has 0 N–H and O–H groups in total. The van der Waals surface area contributed by atoms with Gasteiger partial charge in [-0.15, -0.1) is 11.3 Å². The summed E-state index contributed by atoms with van der Waals surface area (Å²) < 4.78 is 215. The SMILES string of the molecule is [2H]c1c([2H])c([2H])c(-c2nc(-c3c([2H])c([2H])c([2H])c4c3sc3c([2H])c([2H])c([2H])c([2H])c34)nc(-n3c4ccccc4c4cc5c6ccccc6n(-c6c([2H])c(-c7c([2H])c([2H])c([2H])c([2H])c7[2H])c7oc8c([2H])c([2H])c([2H])c([2H])c8c7c6[2H])c5cc43)n2)c([2H])c1[2H]. The summed E-state index contributed by atoms with van der Waals surface area (Å²) in [7, 11) is 0. The van der Waals surface area contributed by atoms with Crippen LogP contribution < -0.4 is 0 Å². The van der Waals surface area contributed by atoms with Gasteiger partial charge in [-0.2, -0.15) is 9.97 Å². The Hall–Kier alpha value is -8.39. The number of thiophene rings is 1. The van der Waals surface area contributed by atoms with Crippen LogP contribution in [0.15, 0.2) is 204 Å². The Bertz CT molecular complexity index is 5540. The van der Waals surface area contributed by atoms with Crippen molar-refractivity contribution in [2.75, 3.05) is 0 Å². The normalized spacial score (nSPS) is 17.1. The van der Waals surface area contributed by atoms with E-state index in [2.05, 4.69) is 0 Å². The molecule has 0 saturated heterocycles. The first-order chi connectivity index (χ1) is 41.3. The molecule has 0 bridgehead atoms. The van der Waals surface area contributed by atoms with Gasteiger partial charge in [-0.3, -0.25) is 4.57 Å². The van der Waals surface area contributed by atoms with Crippen molar-refractivity contribution in [2.45, 2.75) is 0 Å². The lowest BCUT2D eigenvalue weighted by Gasteiger charge is -2.13. The number of fused-ring (bicyclic) bond motifs is 12. The average molecular weight is 859 g/mol. The smallest absolute Gasteiger partial charge is 0.238 e. The zero-order valence-electron chi connectivity index (χ0n) is 55.3. The molecule has 0 atom stereocenters. The first-order valence-electron chi connectivity index (χ1n) is 31.1. The Morgan fingerprint density at radius 1 is 0.453 bits per heavy atom. The summed E-state index contributed by atoms with van der Waals surface area (Å²) in [6.07, 6.45) is 0. The van der Waals surface area contributed by atoms with Gasteiger partial charge in [0, 0.05) is 74.9 Å². The maximum Gasteiger partial charge on any atom is 0.238 e. The van der Waals surface area contributed by atoms with E-state index in [1.54, 1.807) is 59.2 Å². The van der Waals surface area contributed by atoms with Gasteiger partial charge in [0.25, 0.3) is 0 Å². The number of rotatable bonds is 5. The molecule has 0 fully saturated rings. The van der Waals surface area contributed by atoms with Crippen LogP contribution in [0.5, 0.6) is 0 Å². The first-order valence-corrected chi connectivity index (χ1v) is 20.4. The maximum absolute atomic E-state index is 10.2. The summed E-state index contributed by atoms with van der Waals surface area (Å²) >= 11 is 0.795. The van der Waals surface area contributed by atoms with Crippen LogP contribution in [0.1, 0.15) is 31.5 Å². The highest BCUT2D eigenvalue weighted by Gasteiger charge is 2.23. The molecule has 0 amide bonds. The van der Waals surface area contributed by atoms with Crippen LogP contribution in [-0.2, 0) is 0 Å². The van der Waals surface area contributed by atoms with Crippen LogP contribution in [0.3, 0.4) is 0 Å². The monoisotopic (exact) mass is 858 g/mol. The Morgan fingerprint density at radius 3 is 1.89 bits per heavy atom. The molecule has 0 radical (unpaired) electrons. The number of hydrogen-bond donors (Lipinski definition) is 0. The van der Waals surface area contributed by atoms with Gasteiger partial charge in [0.1, 0.15) is 11.2 Å². The number of aromatic nitrogens is 5. The van der Waals surface area contributed by atoms with Crippen LogP contribution in [0.2, 0.25) is 0 Å². The molecule has 298 valence electrons. The molecule has 5 heterocycles. The van der Waals surface area contributed by atoms with Crippen molar-refractivity contribution in [3.05, 3.63) is 200 Å². The predicted molar refractivity (Wildman–Crippen MR) is 265 cm³/mol. The molecule has 14 aromatic rings. The second-order valence-corrected chi connectivity index (χ2v) is 15.6. The van der Waals surface area contributed by atoms with Crippen LogP contribution >= 0.6 is 11.3 Å². The summed E-state index contributed by atoms with van der Waals surface area (Å²) in [5, 5.41) is 1.42. The highest BCUT2D eigenvalue weighted by molar-refractivity contribution is 7.26. The molecule has 9 aromatic carbocycles. The van der Waals surface area contributed by atoms with Gasteiger partial charge < -0.3 is 8.98 Å². The van der Waals surface area contributed by atoms with Gasteiger partial charge >= 0.3 is 0 Å². The highest BCUT2D eigenvalue weighted by Crippen LogP contribution is 2.44. The molecule has 0 aliphatic carbocycles. The standard InChI is InChI=1S/C57H33N5OS/c1-3-16-34(17-4-1)43-30-36(31-46-39-22-9-13-28-51(39)63-53(43)46)61-47-26-11-7-20-37(47)44-32-45-38-21-8-12-27-48(38)62(50(45)33-49(44)61)57-59-55(35-18-5-2-6-19-35)58-56(60-57)42-25-15-24-41-40-23-10-14-29-52(40)64-54(41)42/h1-33H/i1D,2D,3D,4D,5D,6D,9D,10D,13D,14D,15D,16D,17D,18D,19D,22D,23D,24D,25D,28D,29D,30D,31D. The Balaban J connectivity index is 1.15. The zero-order chi connectivity index (χ0) is 61.9. The highest BCUT2D eigenvalue weighted by atomic mass is 32.1. The molecule has 6 nitrogen and oxygen atoms in total. The van der Waals surface area contributed by atoms with Crippen LogP contribution in [0.4, 0.5) is 0 Å². The Labute approximate surface area is 401 Å². The van der Waals surface area contributed by atoms with E-state index in [4.69, 9.17) is 46.8 Å². The van der Waals surface area contributed by atoms with Crippen molar-refractivity contribution >= 4 is 97.1 Å². The third-order valence-electron chi connectivity index (χ3n) is 11.2. The fourth-order valence-electron chi connectivity index (χ4n) is 8.53. The van der Waals surface area contributed by atoms with Gasteiger partial charge in [-0.1, -0.05) is 145 Å². The van der Waals surface area contributed by atoms with Crippen LogP contribution in [0, 0.1) is 0 Å². The maximum atomic E-state index is 10.2. The van der Waals surface area contributed by atoms with E-state index in [9.17, 15) is 4.11 Å². The largest absolute Gasteiger partial charge is 0.455 e. The third kappa shape index (κ3) is 5.16. The van der Waals surface area contributed by atoms with E-state index in [0.717, 1.165) is 11.3 Å². The van der Waals surface area contributed by atoms with E-state index in [0.29, 0.717) is 32.6 Å². The quantitative estimate of drug-likeness (QED) is 0.173. The van der Waals surface area contributed by atoms with Crippen molar-refractivity contribution < 1.29 is 35.9 Å². The molecule has 5 aromatic heterocycles.